The molecule has 0 aliphatic carbocycles. The molecule has 0 radical (unpaired) electrons. The fraction of sp³-hybridized carbons (Fsp3) is 0.300. The lowest BCUT2D eigenvalue weighted by molar-refractivity contribution is 0.0289. The maximum absolute atomic E-state index is 12.7. The molecular formula is C20H21Cl2NO3. The van der Waals surface area contributed by atoms with E-state index in [1.54, 1.807) is 60.5 Å². The van der Waals surface area contributed by atoms with Crippen molar-refractivity contribution in [1.29, 1.82) is 0 Å². The molecule has 0 bridgehead atoms. The Morgan fingerprint density at radius 1 is 0.923 bits per heavy atom. The summed E-state index contributed by atoms with van der Waals surface area (Å²) < 4.78 is 5.42. The normalized spacial score (nSPS) is 11.9. The van der Waals surface area contributed by atoms with Gasteiger partial charge < -0.3 is 9.64 Å². The lowest BCUT2D eigenvalue weighted by Crippen LogP contribution is -2.43. The third kappa shape index (κ3) is 5.23. The topological polar surface area (TPSA) is 46.6 Å². The third-order valence-electron chi connectivity index (χ3n) is 4.14. The molecule has 0 saturated heterocycles. The SMILES string of the molecule is CC(C)C(COC(=O)c1ccc(Cl)cc1)N(C)C(=O)c1ccc(Cl)cc1. The molecule has 6 heteroatoms. The Balaban J connectivity index is 2.05. The molecule has 0 fully saturated rings. The van der Waals surface area contributed by atoms with E-state index in [1.807, 2.05) is 13.8 Å². The van der Waals surface area contributed by atoms with Crippen molar-refractivity contribution in [2.75, 3.05) is 13.7 Å². The van der Waals surface area contributed by atoms with E-state index in [-0.39, 0.29) is 24.5 Å². The second-order valence-electron chi connectivity index (χ2n) is 6.34. The first-order chi connectivity index (χ1) is 12.3. The van der Waals surface area contributed by atoms with Crippen molar-refractivity contribution in [3.63, 3.8) is 0 Å². The average Bonchev–Trinajstić information content (AvgIpc) is 2.61. The van der Waals surface area contributed by atoms with Crippen LogP contribution in [-0.4, -0.2) is 36.5 Å². The summed E-state index contributed by atoms with van der Waals surface area (Å²) >= 11 is 11.7. The van der Waals surface area contributed by atoms with Crippen LogP contribution in [0.1, 0.15) is 34.6 Å². The number of amides is 1. The fourth-order valence-corrected chi connectivity index (χ4v) is 2.78. The minimum absolute atomic E-state index is 0.106. The number of rotatable bonds is 6. The Kier molecular flexibility index (Phi) is 7.06. The highest BCUT2D eigenvalue weighted by Gasteiger charge is 2.25. The van der Waals surface area contributed by atoms with Crippen LogP contribution in [0.3, 0.4) is 0 Å². The Morgan fingerprint density at radius 3 is 1.85 bits per heavy atom. The predicted molar refractivity (Wildman–Crippen MR) is 104 cm³/mol. The zero-order valence-electron chi connectivity index (χ0n) is 14.9. The summed E-state index contributed by atoms with van der Waals surface area (Å²) in [5, 5.41) is 1.12. The maximum Gasteiger partial charge on any atom is 0.338 e. The maximum atomic E-state index is 12.7. The van der Waals surface area contributed by atoms with E-state index >= 15 is 0 Å². The molecule has 2 aromatic carbocycles. The van der Waals surface area contributed by atoms with E-state index in [2.05, 4.69) is 0 Å². The number of hydrogen-bond donors (Lipinski definition) is 0. The summed E-state index contributed by atoms with van der Waals surface area (Å²) in [7, 11) is 1.71. The number of hydrogen-bond acceptors (Lipinski definition) is 3. The van der Waals surface area contributed by atoms with Crippen LogP contribution in [-0.2, 0) is 4.74 Å². The highest BCUT2D eigenvalue weighted by atomic mass is 35.5. The lowest BCUT2D eigenvalue weighted by atomic mass is 10.0. The summed E-state index contributed by atoms with van der Waals surface area (Å²) in [6.45, 7) is 4.06. The highest BCUT2D eigenvalue weighted by molar-refractivity contribution is 6.31. The van der Waals surface area contributed by atoms with Crippen molar-refractivity contribution in [2.45, 2.75) is 19.9 Å². The van der Waals surface area contributed by atoms with Crippen molar-refractivity contribution in [1.82, 2.24) is 4.90 Å². The molecule has 1 atom stereocenters. The fourth-order valence-electron chi connectivity index (χ4n) is 2.53. The molecular weight excluding hydrogens is 373 g/mol. The van der Waals surface area contributed by atoms with Crippen molar-refractivity contribution in [3.05, 3.63) is 69.7 Å². The van der Waals surface area contributed by atoms with Gasteiger partial charge in [-0.3, -0.25) is 4.79 Å². The van der Waals surface area contributed by atoms with E-state index < -0.39 is 5.97 Å². The van der Waals surface area contributed by atoms with Crippen molar-refractivity contribution >= 4 is 35.1 Å². The summed E-state index contributed by atoms with van der Waals surface area (Å²) in [5.41, 5.74) is 0.954. The van der Waals surface area contributed by atoms with Crippen molar-refractivity contribution < 1.29 is 14.3 Å². The van der Waals surface area contributed by atoms with E-state index in [1.165, 1.54) is 0 Å². The molecule has 0 heterocycles. The van der Waals surface area contributed by atoms with Gasteiger partial charge in [0.05, 0.1) is 11.6 Å². The van der Waals surface area contributed by atoms with Crippen molar-refractivity contribution in [3.8, 4) is 0 Å². The molecule has 1 amide bonds. The quantitative estimate of drug-likeness (QED) is 0.652. The summed E-state index contributed by atoms with van der Waals surface area (Å²) in [6.07, 6.45) is 0. The summed E-state index contributed by atoms with van der Waals surface area (Å²) in [4.78, 5) is 26.5. The second kappa shape index (κ2) is 9.06. The van der Waals surface area contributed by atoms with Crippen LogP contribution >= 0.6 is 23.2 Å². The van der Waals surface area contributed by atoms with Gasteiger partial charge in [0.2, 0.25) is 0 Å². The largest absolute Gasteiger partial charge is 0.460 e. The molecule has 0 N–H and O–H groups in total. The van der Waals surface area contributed by atoms with Gasteiger partial charge in [-0.1, -0.05) is 37.0 Å². The minimum Gasteiger partial charge on any atom is -0.460 e. The Bertz CT molecular complexity index is 758. The summed E-state index contributed by atoms with van der Waals surface area (Å²) in [5.74, 6) is -0.489. The van der Waals surface area contributed by atoms with Gasteiger partial charge in [0.1, 0.15) is 6.61 Å². The van der Waals surface area contributed by atoms with Gasteiger partial charge in [-0.2, -0.15) is 0 Å². The first kappa shape index (κ1) is 20.3. The molecule has 0 aliphatic rings. The van der Waals surface area contributed by atoms with Crippen LogP contribution in [0, 0.1) is 5.92 Å². The molecule has 26 heavy (non-hydrogen) atoms. The van der Waals surface area contributed by atoms with E-state index in [4.69, 9.17) is 27.9 Å². The zero-order chi connectivity index (χ0) is 19.3. The van der Waals surface area contributed by atoms with Crippen LogP contribution in [0.2, 0.25) is 10.0 Å². The van der Waals surface area contributed by atoms with E-state index in [9.17, 15) is 9.59 Å². The Hall–Kier alpha value is -2.04. The van der Waals surface area contributed by atoms with Crippen LogP contribution in [0.5, 0.6) is 0 Å². The van der Waals surface area contributed by atoms with Gasteiger partial charge in [0.15, 0.2) is 0 Å². The monoisotopic (exact) mass is 393 g/mol. The highest BCUT2D eigenvalue weighted by Crippen LogP contribution is 2.17. The Morgan fingerprint density at radius 2 is 1.38 bits per heavy atom. The van der Waals surface area contributed by atoms with E-state index in [0.29, 0.717) is 21.2 Å². The first-order valence-corrected chi connectivity index (χ1v) is 9.00. The number of ether oxygens (including phenoxy) is 1. The molecule has 2 aromatic rings. The van der Waals surface area contributed by atoms with Gasteiger partial charge in [-0.15, -0.1) is 0 Å². The van der Waals surface area contributed by atoms with Gasteiger partial charge >= 0.3 is 5.97 Å². The number of nitrogens with zero attached hydrogens (tertiary/aromatic N) is 1. The molecule has 0 aromatic heterocycles. The Labute approximate surface area is 163 Å². The minimum atomic E-state index is -0.445. The summed E-state index contributed by atoms with van der Waals surface area (Å²) in [6, 6.07) is 12.9. The predicted octanol–water partition coefficient (Wildman–Crippen LogP) is 4.95. The van der Waals surface area contributed by atoms with Gasteiger partial charge in [-0.25, -0.2) is 4.79 Å². The van der Waals surface area contributed by atoms with Crippen molar-refractivity contribution in [2.24, 2.45) is 5.92 Å². The smallest absolute Gasteiger partial charge is 0.338 e. The number of benzene rings is 2. The van der Waals surface area contributed by atoms with Crippen LogP contribution in [0.25, 0.3) is 0 Å². The number of carbonyl (C=O) groups is 2. The molecule has 2 rings (SSSR count). The molecule has 138 valence electrons. The standard InChI is InChI=1S/C20H21Cl2NO3/c1-13(2)18(12-26-20(25)15-6-10-17(22)11-7-15)23(3)19(24)14-4-8-16(21)9-5-14/h4-11,13,18H,12H2,1-3H3. The lowest BCUT2D eigenvalue weighted by Gasteiger charge is -2.31. The number of likely N-dealkylation sites (N-methyl/N-ethyl adjacent to an activating group) is 1. The molecule has 4 nitrogen and oxygen atoms in total. The second-order valence-corrected chi connectivity index (χ2v) is 7.21. The van der Waals surface area contributed by atoms with Crippen LogP contribution < -0.4 is 0 Å². The third-order valence-corrected chi connectivity index (χ3v) is 4.65. The van der Waals surface area contributed by atoms with Gasteiger partial charge in [-0.05, 0) is 54.4 Å². The van der Waals surface area contributed by atoms with E-state index in [0.717, 1.165) is 0 Å². The van der Waals surface area contributed by atoms with Gasteiger partial charge in [0.25, 0.3) is 5.91 Å². The first-order valence-electron chi connectivity index (χ1n) is 8.25. The number of halogens is 2. The number of esters is 1. The van der Waals surface area contributed by atoms with Gasteiger partial charge in [0, 0.05) is 22.7 Å². The zero-order valence-corrected chi connectivity index (χ0v) is 16.4. The van der Waals surface area contributed by atoms with Crippen LogP contribution in [0.4, 0.5) is 0 Å². The number of carbonyl (C=O) groups excluding carboxylic acids is 2. The average molecular weight is 394 g/mol. The molecule has 1 unspecified atom stereocenters. The molecule has 0 saturated carbocycles. The molecule has 0 aliphatic heterocycles. The van der Waals surface area contributed by atoms with Crippen LogP contribution in [0.15, 0.2) is 48.5 Å². The molecule has 0 spiro atoms.